The summed E-state index contributed by atoms with van der Waals surface area (Å²) in [6.45, 7) is 7.99. The van der Waals surface area contributed by atoms with E-state index in [2.05, 4.69) is 31.5 Å². The van der Waals surface area contributed by atoms with Gasteiger partial charge >= 0.3 is 0 Å². The topological polar surface area (TPSA) is 112 Å². The first-order chi connectivity index (χ1) is 17.5. The monoisotopic (exact) mass is 592 g/mol. The van der Waals surface area contributed by atoms with E-state index in [4.69, 9.17) is 0 Å². The molecule has 0 bridgehead atoms. The standard InChI is InChI=1S/C27H37BrN4O4S/c1-17-23(37-16-30-17)19-10-8-18(9-11-19)14-29-25(35)21-13-20(33)15-32(21)26(36)24(27(2,3)4)31-22(34)7-5-6-12-28/h8-11,16,20-21,24,33H,5-7,12-15H2,1-4H3,(H,29,35)(H,31,34)/t20-,21+,24-/m1/s1. The number of aliphatic hydroxyl groups excluding tert-OH is 1. The molecule has 1 saturated heterocycles. The number of aryl methyl sites for hydroxylation is 1. The third-order valence-electron chi connectivity index (χ3n) is 6.50. The molecule has 1 fully saturated rings. The summed E-state index contributed by atoms with van der Waals surface area (Å²) in [5.74, 6) is -0.849. The molecule has 2 heterocycles. The number of nitrogens with one attached hydrogen (secondary N) is 2. The first kappa shape index (κ1) is 29.3. The van der Waals surface area contributed by atoms with Gasteiger partial charge < -0.3 is 20.6 Å². The van der Waals surface area contributed by atoms with Crippen LogP contribution < -0.4 is 10.6 Å². The number of carbonyl (C=O) groups excluding carboxylic acids is 3. The van der Waals surface area contributed by atoms with Crippen molar-refractivity contribution < 1.29 is 19.5 Å². The second-order valence-corrected chi connectivity index (χ2v) is 12.2. The van der Waals surface area contributed by atoms with Crippen LogP contribution in [0.5, 0.6) is 0 Å². The van der Waals surface area contributed by atoms with Gasteiger partial charge in [0, 0.05) is 31.3 Å². The van der Waals surface area contributed by atoms with Crippen molar-refractivity contribution >= 4 is 45.0 Å². The number of amides is 3. The number of carbonyl (C=O) groups is 3. The minimum atomic E-state index is -0.799. The molecule has 2 aromatic rings. The number of thiazole rings is 1. The lowest BCUT2D eigenvalue weighted by Crippen LogP contribution is -2.57. The average molecular weight is 594 g/mol. The Balaban J connectivity index is 1.65. The van der Waals surface area contributed by atoms with Gasteiger partial charge in [-0.05, 0) is 36.3 Å². The predicted molar refractivity (Wildman–Crippen MR) is 149 cm³/mol. The number of likely N-dealkylation sites (tertiary alicyclic amines) is 1. The summed E-state index contributed by atoms with van der Waals surface area (Å²) in [6.07, 6.45) is 1.30. The molecule has 0 unspecified atom stereocenters. The Morgan fingerprint density at radius 2 is 1.92 bits per heavy atom. The van der Waals surface area contributed by atoms with Gasteiger partial charge in [0.1, 0.15) is 12.1 Å². The van der Waals surface area contributed by atoms with E-state index in [0.29, 0.717) is 13.0 Å². The number of β-amino-alcohol motifs (C(OH)–C–C–N with tert-alkyl or cyclic N) is 1. The third kappa shape index (κ3) is 7.85. The van der Waals surface area contributed by atoms with E-state index in [0.717, 1.165) is 39.9 Å². The van der Waals surface area contributed by atoms with Gasteiger partial charge in [-0.1, -0.05) is 61.0 Å². The Morgan fingerprint density at radius 1 is 1.22 bits per heavy atom. The van der Waals surface area contributed by atoms with Crippen LogP contribution in [-0.2, 0) is 20.9 Å². The second kappa shape index (κ2) is 13.0. The van der Waals surface area contributed by atoms with Crippen LogP contribution in [0.4, 0.5) is 0 Å². The van der Waals surface area contributed by atoms with Crippen LogP contribution in [0.3, 0.4) is 0 Å². The van der Waals surface area contributed by atoms with Gasteiger partial charge in [0.2, 0.25) is 17.7 Å². The number of rotatable bonds is 10. The minimum absolute atomic E-state index is 0.0614. The van der Waals surface area contributed by atoms with E-state index in [-0.39, 0.29) is 30.7 Å². The lowest BCUT2D eigenvalue weighted by Gasteiger charge is -2.35. The Bertz CT molecular complexity index is 1080. The van der Waals surface area contributed by atoms with E-state index in [1.54, 1.807) is 11.3 Å². The van der Waals surface area contributed by atoms with Gasteiger partial charge in [0.15, 0.2) is 0 Å². The first-order valence-electron chi connectivity index (χ1n) is 12.6. The number of unbranched alkanes of at least 4 members (excludes halogenated alkanes) is 1. The normalized spacial score (nSPS) is 18.5. The van der Waals surface area contributed by atoms with E-state index >= 15 is 0 Å². The number of aromatic nitrogens is 1. The van der Waals surface area contributed by atoms with Crippen molar-refractivity contribution in [3.8, 4) is 10.4 Å². The molecule has 0 saturated carbocycles. The van der Waals surface area contributed by atoms with E-state index in [1.165, 1.54) is 4.90 Å². The Morgan fingerprint density at radius 3 is 2.51 bits per heavy atom. The van der Waals surface area contributed by atoms with Gasteiger partial charge in [0.25, 0.3) is 0 Å². The van der Waals surface area contributed by atoms with Gasteiger partial charge in [-0.3, -0.25) is 14.4 Å². The molecule has 0 radical (unpaired) electrons. The maximum Gasteiger partial charge on any atom is 0.246 e. The van der Waals surface area contributed by atoms with Crippen molar-refractivity contribution in [3.05, 3.63) is 41.0 Å². The molecule has 1 aliphatic rings. The van der Waals surface area contributed by atoms with Crippen LogP contribution in [-0.4, -0.2) is 62.8 Å². The highest BCUT2D eigenvalue weighted by molar-refractivity contribution is 9.09. The molecule has 202 valence electrons. The summed E-state index contributed by atoms with van der Waals surface area (Å²) >= 11 is 4.95. The largest absolute Gasteiger partial charge is 0.391 e. The van der Waals surface area contributed by atoms with E-state index in [9.17, 15) is 19.5 Å². The molecule has 3 rings (SSSR count). The molecule has 0 aliphatic carbocycles. The van der Waals surface area contributed by atoms with E-state index in [1.807, 2.05) is 57.5 Å². The predicted octanol–water partition coefficient (Wildman–Crippen LogP) is 3.79. The lowest BCUT2D eigenvalue weighted by molar-refractivity contribution is -0.144. The van der Waals surface area contributed by atoms with Crippen LogP contribution in [0.15, 0.2) is 29.8 Å². The van der Waals surface area contributed by atoms with Crippen LogP contribution in [0.2, 0.25) is 0 Å². The van der Waals surface area contributed by atoms with Gasteiger partial charge in [0.05, 0.1) is 22.2 Å². The number of alkyl halides is 1. The highest BCUT2D eigenvalue weighted by atomic mass is 79.9. The zero-order valence-corrected chi connectivity index (χ0v) is 24.3. The highest BCUT2D eigenvalue weighted by Gasteiger charge is 2.44. The van der Waals surface area contributed by atoms with Gasteiger partial charge in [-0.25, -0.2) is 4.98 Å². The Labute approximate surface area is 231 Å². The Hall–Kier alpha value is -2.30. The molecule has 1 aliphatic heterocycles. The van der Waals surface area contributed by atoms with Crippen molar-refractivity contribution in [1.29, 1.82) is 0 Å². The molecule has 8 nitrogen and oxygen atoms in total. The average Bonchev–Trinajstić information content (AvgIpc) is 3.46. The zero-order chi connectivity index (χ0) is 27.2. The lowest BCUT2D eigenvalue weighted by atomic mass is 9.85. The van der Waals surface area contributed by atoms with Gasteiger partial charge in [-0.2, -0.15) is 0 Å². The summed E-state index contributed by atoms with van der Waals surface area (Å²) in [5.41, 5.74) is 4.25. The number of hydrogen-bond acceptors (Lipinski definition) is 6. The van der Waals surface area contributed by atoms with Crippen LogP contribution in [0.25, 0.3) is 10.4 Å². The smallest absolute Gasteiger partial charge is 0.246 e. The number of hydrogen-bond donors (Lipinski definition) is 3. The van der Waals surface area contributed by atoms with E-state index < -0.39 is 23.6 Å². The fraction of sp³-hybridized carbons (Fsp3) is 0.556. The maximum absolute atomic E-state index is 13.6. The number of benzene rings is 1. The van der Waals surface area contributed by atoms with Crippen LogP contribution in [0, 0.1) is 12.3 Å². The van der Waals surface area contributed by atoms with Gasteiger partial charge in [-0.15, -0.1) is 11.3 Å². The summed E-state index contributed by atoms with van der Waals surface area (Å²) in [6, 6.07) is 6.34. The molecule has 3 amide bonds. The summed E-state index contributed by atoms with van der Waals surface area (Å²) in [4.78, 5) is 46.1. The quantitative estimate of drug-likeness (QED) is 0.287. The van der Waals surface area contributed by atoms with Crippen LogP contribution >= 0.6 is 27.3 Å². The molecule has 1 aromatic heterocycles. The molecule has 1 aromatic carbocycles. The minimum Gasteiger partial charge on any atom is -0.391 e. The van der Waals surface area contributed by atoms with Crippen molar-refractivity contribution in [2.45, 2.75) is 78.1 Å². The van der Waals surface area contributed by atoms with Crippen molar-refractivity contribution in [2.24, 2.45) is 5.41 Å². The third-order valence-corrected chi connectivity index (χ3v) is 8.04. The summed E-state index contributed by atoms with van der Waals surface area (Å²) in [7, 11) is 0. The fourth-order valence-electron chi connectivity index (χ4n) is 4.39. The van der Waals surface area contributed by atoms with Crippen molar-refractivity contribution in [1.82, 2.24) is 20.5 Å². The second-order valence-electron chi connectivity index (χ2n) is 10.6. The van der Waals surface area contributed by atoms with Crippen LogP contribution in [0.1, 0.15) is 57.7 Å². The summed E-state index contributed by atoms with van der Waals surface area (Å²) in [5, 5.41) is 17.0. The fourth-order valence-corrected chi connectivity index (χ4v) is 5.60. The number of halogens is 1. The summed E-state index contributed by atoms with van der Waals surface area (Å²) < 4.78 is 0. The molecule has 37 heavy (non-hydrogen) atoms. The molecule has 0 spiro atoms. The zero-order valence-electron chi connectivity index (χ0n) is 21.9. The van der Waals surface area contributed by atoms with Crippen molar-refractivity contribution in [2.75, 3.05) is 11.9 Å². The maximum atomic E-state index is 13.6. The Kier molecular flexibility index (Phi) is 10.3. The number of nitrogens with zero attached hydrogens (tertiary/aromatic N) is 2. The van der Waals surface area contributed by atoms with Crippen molar-refractivity contribution in [3.63, 3.8) is 0 Å². The molecule has 10 heteroatoms. The molecule has 3 atom stereocenters. The molecule has 3 N–H and O–H groups in total. The molecular weight excluding hydrogens is 556 g/mol. The first-order valence-corrected chi connectivity index (χ1v) is 14.6. The molecular formula is C27H37BrN4O4S. The highest BCUT2D eigenvalue weighted by Crippen LogP contribution is 2.28. The SMILES string of the molecule is Cc1ncsc1-c1ccc(CNC(=O)[C@@H]2C[C@@H](O)CN2C(=O)[C@@H](NC(=O)CCCCBr)C(C)(C)C)cc1. The number of aliphatic hydroxyl groups is 1.